The topological polar surface area (TPSA) is 80.7 Å². The van der Waals surface area contributed by atoms with Crippen LogP contribution in [0.2, 0.25) is 0 Å². The first-order valence-electron chi connectivity index (χ1n) is 4.39. The molecule has 6 heteroatoms. The highest BCUT2D eigenvalue weighted by atomic mass is 32.2. The predicted octanol–water partition coefficient (Wildman–Crippen LogP) is 0.891. The minimum atomic E-state index is -3.57. The van der Waals surface area contributed by atoms with Crippen LogP contribution in [0.3, 0.4) is 0 Å². The van der Waals surface area contributed by atoms with Gasteiger partial charge in [-0.05, 0) is 24.6 Å². The maximum absolute atomic E-state index is 11.3. The van der Waals surface area contributed by atoms with Gasteiger partial charge in [0.2, 0.25) is 0 Å². The number of ether oxygens (including phenoxy) is 1. The number of hydrogen-bond acceptors (Lipinski definition) is 5. The van der Waals surface area contributed by atoms with Gasteiger partial charge in [-0.1, -0.05) is 0 Å². The molecule has 0 atom stereocenters. The Balaban J connectivity index is 3.51. The van der Waals surface area contributed by atoms with Crippen molar-refractivity contribution in [1.82, 2.24) is 0 Å². The highest BCUT2D eigenvalue weighted by molar-refractivity contribution is 7.90. The molecule has 88 valence electrons. The van der Waals surface area contributed by atoms with Crippen molar-refractivity contribution in [1.29, 1.82) is 0 Å². The molecule has 1 aromatic carbocycles. The van der Waals surface area contributed by atoms with Crippen LogP contribution in [0.4, 0.5) is 0 Å². The Hall–Kier alpha value is -1.56. The van der Waals surface area contributed by atoms with Crippen molar-refractivity contribution >= 4 is 15.8 Å². The van der Waals surface area contributed by atoms with E-state index in [0.29, 0.717) is 5.56 Å². The van der Waals surface area contributed by atoms with Crippen molar-refractivity contribution < 1.29 is 23.1 Å². The van der Waals surface area contributed by atoms with E-state index in [1.165, 1.54) is 13.2 Å². The van der Waals surface area contributed by atoms with E-state index >= 15 is 0 Å². The number of phenols is 1. The van der Waals surface area contributed by atoms with Gasteiger partial charge in [0.25, 0.3) is 0 Å². The zero-order valence-corrected chi connectivity index (χ0v) is 9.96. The Morgan fingerprint density at radius 3 is 2.38 bits per heavy atom. The van der Waals surface area contributed by atoms with E-state index in [4.69, 9.17) is 0 Å². The zero-order chi connectivity index (χ0) is 12.5. The summed E-state index contributed by atoms with van der Waals surface area (Å²) in [6, 6.07) is 2.34. The minimum absolute atomic E-state index is 0.126. The number of aromatic hydroxyl groups is 1. The first kappa shape index (κ1) is 12.5. The molecule has 0 bridgehead atoms. The lowest BCUT2D eigenvalue weighted by Gasteiger charge is -2.08. The van der Waals surface area contributed by atoms with Crippen molar-refractivity contribution in [3.8, 4) is 5.75 Å². The number of benzene rings is 1. The zero-order valence-electron chi connectivity index (χ0n) is 9.14. The molecule has 0 spiro atoms. The third-order valence-electron chi connectivity index (χ3n) is 2.11. The standard InChI is InChI=1S/C10H12O5S/c1-6-4-8(11)9(16(3,13)14)5-7(6)10(12)15-2/h4-5,11H,1-3H3. The van der Waals surface area contributed by atoms with Crippen LogP contribution in [0, 0.1) is 6.92 Å². The van der Waals surface area contributed by atoms with Crippen LogP contribution < -0.4 is 0 Å². The van der Waals surface area contributed by atoms with Gasteiger partial charge in [-0.2, -0.15) is 0 Å². The molecular weight excluding hydrogens is 232 g/mol. The molecule has 1 rings (SSSR count). The van der Waals surface area contributed by atoms with Crippen molar-refractivity contribution in [3.63, 3.8) is 0 Å². The first-order valence-corrected chi connectivity index (χ1v) is 6.28. The number of sulfone groups is 1. The fourth-order valence-corrected chi connectivity index (χ4v) is 2.07. The number of rotatable bonds is 2. The van der Waals surface area contributed by atoms with Gasteiger partial charge in [-0.15, -0.1) is 0 Å². The first-order chi connectivity index (χ1) is 7.27. The number of esters is 1. The molecule has 0 saturated carbocycles. The summed E-state index contributed by atoms with van der Waals surface area (Å²) < 4.78 is 27.1. The molecule has 0 aliphatic rings. The third-order valence-corrected chi connectivity index (χ3v) is 3.24. The second-order valence-corrected chi connectivity index (χ2v) is 5.38. The van der Waals surface area contributed by atoms with E-state index in [1.807, 2.05) is 0 Å². The van der Waals surface area contributed by atoms with Gasteiger partial charge < -0.3 is 9.84 Å². The lowest BCUT2D eigenvalue weighted by Crippen LogP contribution is -2.07. The molecule has 1 aromatic rings. The fourth-order valence-electron chi connectivity index (χ4n) is 1.30. The Morgan fingerprint density at radius 1 is 1.38 bits per heavy atom. The lowest BCUT2D eigenvalue weighted by atomic mass is 10.1. The summed E-state index contributed by atoms with van der Waals surface area (Å²) in [6.07, 6.45) is 0.957. The molecule has 0 fully saturated rings. The summed E-state index contributed by atoms with van der Waals surface area (Å²) in [6.45, 7) is 1.58. The molecule has 5 nitrogen and oxygen atoms in total. The molecule has 0 aliphatic carbocycles. The monoisotopic (exact) mass is 244 g/mol. The fraction of sp³-hybridized carbons (Fsp3) is 0.300. The van der Waals surface area contributed by atoms with Gasteiger partial charge in [0.1, 0.15) is 10.6 Å². The quantitative estimate of drug-likeness (QED) is 0.781. The van der Waals surface area contributed by atoms with Crippen LogP contribution in [-0.4, -0.2) is 32.9 Å². The van der Waals surface area contributed by atoms with Gasteiger partial charge in [-0.3, -0.25) is 0 Å². The van der Waals surface area contributed by atoms with Crippen molar-refractivity contribution in [2.24, 2.45) is 0 Å². The number of phenolic OH excluding ortho intramolecular Hbond substituents is 1. The van der Waals surface area contributed by atoms with E-state index in [0.717, 1.165) is 12.3 Å². The van der Waals surface area contributed by atoms with Crippen LogP contribution in [-0.2, 0) is 14.6 Å². The van der Waals surface area contributed by atoms with Crippen LogP contribution in [0.5, 0.6) is 5.75 Å². The number of hydrogen-bond donors (Lipinski definition) is 1. The molecule has 16 heavy (non-hydrogen) atoms. The second-order valence-electron chi connectivity index (χ2n) is 3.40. The average molecular weight is 244 g/mol. The number of carbonyl (C=O) groups excluding carboxylic acids is 1. The Morgan fingerprint density at radius 2 is 1.94 bits per heavy atom. The molecule has 0 radical (unpaired) electrons. The molecule has 0 amide bonds. The molecule has 0 unspecified atom stereocenters. The van der Waals surface area contributed by atoms with Gasteiger partial charge in [0, 0.05) is 6.26 Å². The maximum Gasteiger partial charge on any atom is 0.338 e. The van der Waals surface area contributed by atoms with E-state index < -0.39 is 15.8 Å². The largest absolute Gasteiger partial charge is 0.507 e. The molecule has 0 aromatic heterocycles. The van der Waals surface area contributed by atoms with Gasteiger partial charge in [0.15, 0.2) is 9.84 Å². The minimum Gasteiger partial charge on any atom is -0.507 e. The van der Waals surface area contributed by atoms with Crippen molar-refractivity contribution in [3.05, 3.63) is 23.3 Å². The molecule has 0 aliphatic heterocycles. The molecule has 0 heterocycles. The van der Waals surface area contributed by atoms with Gasteiger partial charge >= 0.3 is 5.97 Å². The molecule has 1 N–H and O–H groups in total. The van der Waals surface area contributed by atoms with Crippen LogP contribution in [0.25, 0.3) is 0 Å². The van der Waals surface area contributed by atoms with E-state index in [1.54, 1.807) is 6.92 Å². The lowest BCUT2D eigenvalue weighted by molar-refractivity contribution is 0.0599. The van der Waals surface area contributed by atoms with Gasteiger partial charge in [-0.25, -0.2) is 13.2 Å². The normalized spacial score (nSPS) is 11.2. The summed E-state index contributed by atoms with van der Waals surface area (Å²) in [5, 5.41) is 9.47. The molecule has 0 saturated heterocycles. The summed E-state index contributed by atoms with van der Waals surface area (Å²) in [5.74, 6) is -1.00. The Labute approximate surface area is 93.6 Å². The highest BCUT2D eigenvalue weighted by Gasteiger charge is 2.19. The van der Waals surface area contributed by atoms with Crippen LogP contribution in [0.1, 0.15) is 15.9 Å². The van der Waals surface area contributed by atoms with Gasteiger partial charge in [0.05, 0.1) is 12.7 Å². The van der Waals surface area contributed by atoms with Crippen molar-refractivity contribution in [2.75, 3.05) is 13.4 Å². The van der Waals surface area contributed by atoms with E-state index in [9.17, 15) is 18.3 Å². The smallest absolute Gasteiger partial charge is 0.338 e. The predicted molar refractivity (Wildman–Crippen MR) is 57.3 cm³/mol. The number of carbonyl (C=O) groups is 1. The van der Waals surface area contributed by atoms with Crippen LogP contribution in [0.15, 0.2) is 17.0 Å². The second kappa shape index (κ2) is 4.13. The van der Waals surface area contributed by atoms with E-state index in [-0.39, 0.29) is 16.2 Å². The Bertz CT molecular complexity index is 530. The summed E-state index contributed by atoms with van der Waals surface area (Å²) in [4.78, 5) is 11.0. The summed E-state index contributed by atoms with van der Waals surface area (Å²) in [5.41, 5.74) is 0.581. The number of methoxy groups -OCH3 is 1. The Kier molecular flexibility index (Phi) is 3.23. The highest BCUT2D eigenvalue weighted by Crippen LogP contribution is 2.26. The maximum atomic E-state index is 11.3. The summed E-state index contributed by atoms with van der Waals surface area (Å²) in [7, 11) is -2.37. The number of aryl methyl sites for hydroxylation is 1. The molecular formula is C10H12O5S. The van der Waals surface area contributed by atoms with Crippen LogP contribution >= 0.6 is 0 Å². The SMILES string of the molecule is COC(=O)c1cc(S(C)(=O)=O)c(O)cc1C. The third kappa shape index (κ3) is 2.33. The average Bonchev–Trinajstić information content (AvgIpc) is 2.14. The van der Waals surface area contributed by atoms with E-state index in [2.05, 4.69) is 4.74 Å². The van der Waals surface area contributed by atoms with Crippen molar-refractivity contribution in [2.45, 2.75) is 11.8 Å². The summed E-state index contributed by atoms with van der Waals surface area (Å²) >= 11 is 0.